The number of aromatic nitrogens is 4. The minimum Gasteiger partial charge on any atom is -0.363 e. The molecule has 2 N–H and O–H groups in total. The maximum absolute atomic E-state index is 11.9. The van der Waals surface area contributed by atoms with Crippen LogP contribution in [0.15, 0.2) is 30.9 Å². The lowest BCUT2D eigenvalue weighted by Crippen LogP contribution is -2.45. The predicted molar refractivity (Wildman–Crippen MR) is 127 cm³/mol. The van der Waals surface area contributed by atoms with E-state index in [4.69, 9.17) is 4.98 Å². The molecule has 0 saturated heterocycles. The molecule has 3 aromatic rings. The Morgan fingerprint density at radius 3 is 2.67 bits per heavy atom. The largest absolute Gasteiger partial charge is 0.363 e. The topological polar surface area (TPSA) is 104 Å². The van der Waals surface area contributed by atoms with Crippen molar-refractivity contribution in [2.45, 2.75) is 63.6 Å². The molecule has 5 atom stereocenters. The van der Waals surface area contributed by atoms with Gasteiger partial charge < -0.3 is 9.88 Å². The fraction of sp³-hybridized carbons (Fsp3) is 0.542. The molecule has 2 fully saturated rings. The highest BCUT2D eigenvalue weighted by Crippen LogP contribution is 2.49. The predicted octanol–water partition coefficient (Wildman–Crippen LogP) is 3.13. The van der Waals surface area contributed by atoms with Crippen LogP contribution in [0.2, 0.25) is 0 Å². The van der Waals surface area contributed by atoms with Crippen LogP contribution >= 0.6 is 0 Å². The van der Waals surface area contributed by atoms with Gasteiger partial charge in [-0.2, -0.15) is 0 Å². The number of aromatic amines is 1. The van der Waals surface area contributed by atoms with E-state index in [0.717, 1.165) is 55.4 Å². The first-order valence-electron chi connectivity index (χ1n) is 11.9. The molecule has 1 aliphatic heterocycles. The Bertz CT molecular complexity index is 1290. The van der Waals surface area contributed by atoms with Crippen LogP contribution in [0.3, 0.4) is 0 Å². The summed E-state index contributed by atoms with van der Waals surface area (Å²) in [7, 11) is -3.19. The van der Waals surface area contributed by atoms with Gasteiger partial charge in [0.05, 0.1) is 17.6 Å². The van der Waals surface area contributed by atoms with E-state index in [-0.39, 0.29) is 6.04 Å². The molecule has 8 nitrogen and oxygen atoms in total. The van der Waals surface area contributed by atoms with E-state index in [9.17, 15) is 8.42 Å². The number of rotatable bonds is 4. The van der Waals surface area contributed by atoms with Crippen LogP contribution in [0, 0.1) is 11.8 Å². The first-order chi connectivity index (χ1) is 15.9. The molecular formula is C24H30N6O2S. The van der Waals surface area contributed by atoms with Crippen molar-refractivity contribution in [1.29, 1.82) is 0 Å². The first kappa shape index (κ1) is 21.0. The second-order valence-electron chi connectivity index (χ2n) is 10.1. The highest BCUT2D eigenvalue weighted by atomic mass is 32.2. The molecule has 9 heteroatoms. The van der Waals surface area contributed by atoms with Gasteiger partial charge in [0.1, 0.15) is 12.0 Å². The Labute approximate surface area is 194 Å². The number of fused-ring (bicyclic) bond motifs is 4. The summed E-state index contributed by atoms with van der Waals surface area (Å²) < 4.78 is 26.7. The van der Waals surface area contributed by atoms with Gasteiger partial charge in [-0.3, -0.25) is 0 Å². The molecule has 3 aliphatic rings. The molecule has 0 aromatic carbocycles. The third kappa shape index (κ3) is 3.71. The number of nitrogens with zero attached hydrogens (tertiary/aromatic N) is 4. The number of nitrogens with one attached hydrogen (secondary N) is 2. The molecule has 0 radical (unpaired) electrons. The fourth-order valence-electron chi connectivity index (χ4n) is 6.59. The minimum absolute atomic E-state index is 0.0733. The van der Waals surface area contributed by atoms with Crippen LogP contribution in [-0.2, 0) is 23.0 Å². The van der Waals surface area contributed by atoms with Crippen LogP contribution in [0.25, 0.3) is 11.0 Å². The highest BCUT2D eigenvalue weighted by Gasteiger charge is 2.45. The lowest BCUT2D eigenvalue weighted by Gasteiger charge is -2.39. The van der Waals surface area contributed by atoms with E-state index in [1.54, 1.807) is 6.33 Å². The average molecular weight is 467 g/mol. The lowest BCUT2D eigenvalue weighted by atomic mass is 9.75. The monoisotopic (exact) mass is 466 g/mol. The van der Waals surface area contributed by atoms with Crippen LogP contribution in [0.4, 0.5) is 5.69 Å². The normalized spacial score (nSPS) is 29.4. The summed E-state index contributed by atoms with van der Waals surface area (Å²) in [5.74, 6) is 1.12. The number of sulfonamides is 1. The highest BCUT2D eigenvalue weighted by molar-refractivity contribution is 7.88. The van der Waals surface area contributed by atoms with E-state index < -0.39 is 10.0 Å². The number of hydrogen-bond donors (Lipinski definition) is 2. The third-order valence-corrected chi connectivity index (χ3v) is 8.70. The molecule has 2 aliphatic carbocycles. The van der Waals surface area contributed by atoms with Gasteiger partial charge in [0.15, 0.2) is 0 Å². The van der Waals surface area contributed by atoms with E-state index in [1.165, 1.54) is 23.2 Å². The SMILES string of the molecule is C[C@@H]1Cc2ncnc(C3C[C@H]4CC[C@@H](C3)[C@H]4NS(C)(=O)=O)c2CN1c1ccnc2[nH]ccc12. The van der Waals surface area contributed by atoms with Gasteiger partial charge in [0.2, 0.25) is 10.0 Å². The minimum atomic E-state index is -3.19. The standard InChI is InChI=1S/C24H30N6O2S/c1-14-9-20-19(12-30(14)21-6-8-26-24-18(21)5-7-25-24)23(28-13-27-20)17-10-15-3-4-16(11-17)22(15)29-33(2,31)32/h5-8,13-17,22,29H,3-4,9-12H2,1-2H3,(H,25,26)/t14-,15-,16+,17?,22+/m1/s1. The first-order valence-corrected chi connectivity index (χ1v) is 13.7. The number of anilines is 1. The van der Waals surface area contributed by atoms with Crippen LogP contribution in [-0.4, -0.2) is 46.7 Å². The van der Waals surface area contributed by atoms with E-state index in [1.807, 2.05) is 12.4 Å². The summed E-state index contributed by atoms with van der Waals surface area (Å²) in [4.78, 5) is 19.6. The molecule has 0 amide bonds. The molecule has 33 heavy (non-hydrogen) atoms. The van der Waals surface area contributed by atoms with Crippen molar-refractivity contribution < 1.29 is 8.42 Å². The molecule has 2 bridgehead atoms. The Morgan fingerprint density at radius 2 is 1.91 bits per heavy atom. The number of hydrogen-bond acceptors (Lipinski definition) is 6. The second-order valence-corrected chi connectivity index (χ2v) is 11.9. The lowest BCUT2D eigenvalue weighted by molar-refractivity contribution is 0.253. The maximum Gasteiger partial charge on any atom is 0.208 e. The molecule has 0 spiro atoms. The zero-order valence-corrected chi connectivity index (χ0v) is 19.8. The van der Waals surface area contributed by atoms with E-state index >= 15 is 0 Å². The van der Waals surface area contributed by atoms with Crippen LogP contribution in [0.1, 0.15) is 55.5 Å². The molecule has 174 valence electrons. The molecule has 6 rings (SSSR count). The van der Waals surface area contributed by atoms with Crippen LogP contribution in [0.5, 0.6) is 0 Å². The summed E-state index contributed by atoms with van der Waals surface area (Å²) >= 11 is 0. The van der Waals surface area contributed by atoms with Crippen molar-refractivity contribution in [1.82, 2.24) is 24.7 Å². The molecule has 1 unspecified atom stereocenters. The van der Waals surface area contributed by atoms with Gasteiger partial charge in [0, 0.05) is 60.0 Å². The summed E-state index contributed by atoms with van der Waals surface area (Å²) in [5.41, 5.74) is 5.69. The Balaban J connectivity index is 1.32. The van der Waals surface area contributed by atoms with E-state index in [0.29, 0.717) is 23.8 Å². The molecular weight excluding hydrogens is 436 g/mol. The van der Waals surface area contributed by atoms with Crippen molar-refractivity contribution >= 4 is 26.7 Å². The number of H-pyrrole nitrogens is 1. The Hall–Kier alpha value is -2.52. The van der Waals surface area contributed by atoms with Crippen molar-refractivity contribution in [3.63, 3.8) is 0 Å². The summed E-state index contributed by atoms with van der Waals surface area (Å²) in [5, 5.41) is 1.14. The smallest absolute Gasteiger partial charge is 0.208 e. The van der Waals surface area contributed by atoms with Gasteiger partial charge in [-0.25, -0.2) is 28.1 Å². The van der Waals surface area contributed by atoms with Crippen molar-refractivity contribution in [3.8, 4) is 0 Å². The summed E-state index contributed by atoms with van der Waals surface area (Å²) in [6.45, 7) is 3.04. The number of pyridine rings is 1. The molecule has 3 aromatic heterocycles. The molecule has 4 heterocycles. The zero-order chi connectivity index (χ0) is 22.7. The zero-order valence-electron chi connectivity index (χ0n) is 19.0. The van der Waals surface area contributed by atoms with Gasteiger partial charge >= 0.3 is 0 Å². The van der Waals surface area contributed by atoms with Crippen molar-refractivity contribution in [2.24, 2.45) is 11.8 Å². The van der Waals surface area contributed by atoms with Crippen molar-refractivity contribution in [3.05, 3.63) is 47.8 Å². The van der Waals surface area contributed by atoms with Gasteiger partial charge in [-0.05, 0) is 56.6 Å². The summed E-state index contributed by atoms with van der Waals surface area (Å²) in [6.07, 6.45) is 11.9. The van der Waals surface area contributed by atoms with E-state index in [2.05, 4.69) is 43.6 Å². The second kappa shape index (κ2) is 7.77. The Morgan fingerprint density at radius 1 is 1.12 bits per heavy atom. The maximum atomic E-state index is 11.9. The average Bonchev–Trinajstić information content (AvgIpc) is 3.32. The van der Waals surface area contributed by atoms with Gasteiger partial charge in [-0.1, -0.05) is 0 Å². The van der Waals surface area contributed by atoms with Crippen molar-refractivity contribution in [2.75, 3.05) is 11.2 Å². The third-order valence-electron chi connectivity index (χ3n) is 8.00. The quantitative estimate of drug-likeness (QED) is 0.612. The van der Waals surface area contributed by atoms with Gasteiger partial charge in [-0.15, -0.1) is 0 Å². The Kier molecular flexibility index (Phi) is 4.95. The van der Waals surface area contributed by atoms with Crippen LogP contribution < -0.4 is 9.62 Å². The van der Waals surface area contributed by atoms with Gasteiger partial charge in [0.25, 0.3) is 0 Å². The summed E-state index contributed by atoms with van der Waals surface area (Å²) in [6, 6.07) is 4.59. The fourth-order valence-corrected chi connectivity index (χ4v) is 7.47. The molecule has 2 saturated carbocycles.